The lowest BCUT2D eigenvalue weighted by Gasteiger charge is -2.21. The van der Waals surface area contributed by atoms with Crippen molar-refractivity contribution in [2.75, 3.05) is 30.8 Å². The molecule has 3 aromatic rings. The Hall–Kier alpha value is -2.27. The number of nitrogens with zero attached hydrogens (tertiary/aromatic N) is 2. The molecule has 0 atom stereocenters. The Kier molecular flexibility index (Phi) is 8.05. The number of anilines is 1. The van der Waals surface area contributed by atoms with E-state index in [9.17, 15) is 13.2 Å². The van der Waals surface area contributed by atoms with Crippen LogP contribution >= 0.6 is 23.4 Å². The van der Waals surface area contributed by atoms with Crippen molar-refractivity contribution in [3.05, 3.63) is 41.4 Å². The molecule has 3 rings (SSSR count). The predicted octanol–water partition coefficient (Wildman–Crippen LogP) is 4.38. The Bertz CT molecular complexity index is 1210. The first kappa shape index (κ1) is 24.4. The zero-order valence-electron chi connectivity index (χ0n) is 18.0. The monoisotopic (exact) mass is 496 g/mol. The fourth-order valence-corrected chi connectivity index (χ4v) is 5.59. The van der Waals surface area contributed by atoms with Crippen LogP contribution in [0.3, 0.4) is 0 Å². The Morgan fingerprint density at radius 1 is 1.19 bits per heavy atom. The number of H-pyrrole nitrogens is 1. The molecule has 0 aliphatic rings. The van der Waals surface area contributed by atoms with Gasteiger partial charge < -0.3 is 15.0 Å². The minimum absolute atomic E-state index is 0.0302. The summed E-state index contributed by atoms with van der Waals surface area (Å²) in [5.74, 6) is 0.0651. The second kappa shape index (κ2) is 10.6. The van der Waals surface area contributed by atoms with E-state index in [2.05, 4.69) is 15.3 Å². The maximum absolute atomic E-state index is 13.1. The van der Waals surface area contributed by atoms with Gasteiger partial charge in [-0.2, -0.15) is 4.31 Å². The van der Waals surface area contributed by atoms with Gasteiger partial charge in [-0.1, -0.05) is 37.2 Å². The van der Waals surface area contributed by atoms with Crippen molar-refractivity contribution in [3.8, 4) is 5.75 Å². The summed E-state index contributed by atoms with van der Waals surface area (Å²) in [6.07, 6.45) is 0. The highest BCUT2D eigenvalue weighted by molar-refractivity contribution is 7.99. The highest BCUT2D eigenvalue weighted by Crippen LogP contribution is 2.30. The number of amides is 1. The van der Waals surface area contributed by atoms with Crippen molar-refractivity contribution >= 4 is 56.0 Å². The van der Waals surface area contributed by atoms with Gasteiger partial charge >= 0.3 is 0 Å². The third kappa shape index (κ3) is 5.55. The zero-order chi connectivity index (χ0) is 23.3. The molecule has 0 radical (unpaired) electrons. The van der Waals surface area contributed by atoms with Crippen molar-refractivity contribution in [1.82, 2.24) is 14.3 Å². The third-order valence-corrected chi connectivity index (χ3v) is 7.79. The van der Waals surface area contributed by atoms with Crippen LogP contribution in [0.25, 0.3) is 11.0 Å². The number of hydrogen-bond donors (Lipinski definition) is 2. The summed E-state index contributed by atoms with van der Waals surface area (Å²) in [5, 5.41) is 3.94. The molecule has 2 aromatic carbocycles. The molecule has 0 fully saturated rings. The molecule has 172 valence electrons. The number of aromatic amines is 1. The fraction of sp³-hybridized carbons (Fsp3) is 0.333. The number of thioether (sulfide) groups is 1. The van der Waals surface area contributed by atoms with E-state index < -0.39 is 10.0 Å². The van der Waals surface area contributed by atoms with E-state index in [0.29, 0.717) is 35.6 Å². The summed E-state index contributed by atoms with van der Waals surface area (Å²) >= 11 is 7.23. The fourth-order valence-electron chi connectivity index (χ4n) is 3.12. The summed E-state index contributed by atoms with van der Waals surface area (Å²) in [7, 11) is -3.76. The second-order valence-electron chi connectivity index (χ2n) is 6.72. The SMILES string of the molecule is CCOc1ccc(NC(=O)CSc2nc3ccc(Cl)cc3[nH]2)cc1S(=O)(=O)N(CC)CC. The van der Waals surface area contributed by atoms with Gasteiger partial charge in [0.1, 0.15) is 10.6 Å². The van der Waals surface area contributed by atoms with Gasteiger partial charge in [-0.25, -0.2) is 13.4 Å². The van der Waals surface area contributed by atoms with Crippen LogP contribution in [0.15, 0.2) is 46.5 Å². The molecule has 32 heavy (non-hydrogen) atoms. The zero-order valence-corrected chi connectivity index (χ0v) is 20.4. The third-order valence-electron chi connectivity index (χ3n) is 4.61. The van der Waals surface area contributed by atoms with Gasteiger partial charge in [-0.15, -0.1) is 0 Å². The molecule has 0 bridgehead atoms. The number of nitrogens with one attached hydrogen (secondary N) is 2. The van der Waals surface area contributed by atoms with Crippen LogP contribution in [0.5, 0.6) is 5.75 Å². The van der Waals surface area contributed by atoms with Gasteiger partial charge in [0.25, 0.3) is 0 Å². The van der Waals surface area contributed by atoms with Crippen LogP contribution in [0.4, 0.5) is 5.69 Å². The number of rotatable bonds is 10. The molecule has 0 spiro atoms. The number of carbonyl (C=O) groups excluding carboxylic acids is 1. The smallest absolute Gasteiger partial charge is 0.246 e. The predicted molar refractivity (Wildman–Crippen MR) is 128 cm³/mol. The standard InChI is InChI=1S/C21H25ClN4O4S2/c1-4-26(5-2)32(28,29)19-12-15(8-10-18(19)30-6-3)23-20(27)13-31-21-24-16-9-7-14(22)11-17(16)25-21/h7-12H,4-6,13H2,1-3H3,(H,23,27)(H,24,25). The van der Waals surface area contributed by atoms with E-state index >= 15 is 0 Å². The van der Waals surface area contributed by atoms with Crippen molar-refractivity contribution in [2.24, 2.45) is 0 Å². The van der Waals surface area contributed by atoms with Crippen molar-refractivity contribution < 1.29 is 17.9 Å². The molecule has 0 aliphatic heterocycles. The minimum atomic E-state index is -3.76. The first-order valence-electron chi connectivity index (χ1n) is 10.1. The van der Waals surface area contributed by atoms with Crippen LogP contribution in [0.1, 0.15) is 20.8 Å². The summed E-state index contributed by atoms with van der Waals surface area (Å²) in [6, 6.07) is 9.94. The molecule has 2 N–H and O–H groups in total. The Morgan fingerprint density at radius 3 is 2.62 bits per heavy atom. The molecule has 0 aliphatic carbocycles. The molecule has 11 heteroatoms. The molecule has 0 saturated heterocycles. The normalized spacial score (nSPS) is 11.8. The highest BCUT2D eigenvalue weighted by Gasteiger charge is 2.26. The average molecular weight is 497 g/mol. The van der Waals surface area contributed by atoms with Crippen LogP contribution in [-0.4, -0.2) is 54.0 Å². The molecule has 0 unspecified atom stereocenters. The van der Waals surface area contributed by atoms with Crippen molar-refractivity contribution in [3.63, 3.8) is 0 Å². The summed E-state index contributed by atoms with van der Waals surface area (Å²) in [6.45, 7) is 6.33. The van der Waals surface area contributed by atoms with E-state index in [4.69, 9.17) is 16.3 Å². The summed E-state index contributed by atoms with van der Waals surface area (Å²) in [5.41, 5.74) is 1.93. The van der Waals surface area contributed by atoms with Gasteiger partial charge in [0.15, 0.2) is 5.16 Å². The van der Waals surface area contributed by atoms with Gasteiger partial charge in [-0.3, -0.25) is 4.79 Å². The molecular weight excluding hydrogens is 472 g/mol. The second-order valence-corrected chi connectivity index (χ2v) is 10.0. The summed E-state index contributed by atoms with van der Waals surface area (Å²) in [4.78, 5) is 20.1. The van der Waals surface area contributed by atoms with Gasteiger partial charge in [0.05, 0.1) is 23.4 Å². The Balaban J connectivity index is 1.75. The van der Waals surface area contributed by atoms with E-state index in [0.717, 1.165) is 11.0 Å². The van der Waals surface area contributed by atoms with Gasteiger partial charge in [0.2, 0.25) is 15.9 Å². The largest absolute Gasteiger partial charge is 0.492 e. The average Bonchev–Trinajstić information content (AvgIpc) is 3.16. The molecule has 0 saturated carbocycles. The van der Waals surface area contributed by atoms with Crippen LogP contribution in [-0.2, 0) is 14.8 Å². The van der Waals surface area contributed by atoms with Crippen LogP contribution in [0, 0.1) is 0 Å². The Labute approximate surface area is 196 Å². The van der Waals surface area contributed by atoms with E-state index in [1.54, 1.807) is 51.1 Å². The molecule has 8 nitrogen and oxygen atoms in total. The number of aromatic nitrogens is 2. The Morgan fingerprint density at radius 2 is 1.94 bits per heavy atom. The first-order valence-corrected chi connectivity index (χ1v) is 12.9. The number of carbonyl (C=O) groups is 1. The first-order chi connectivity index (χ1) is 15.3. The number of sulfonamides is 1. The molecule has 1 amide bonds. The van der Waals surface area contributed by atoms with Crippen molar-refractivity contribution in [1.29, 1.82) is 0 Å². The van der Waals surface area contributed by atoms with Gasteiger partial charge in [-0.05, 0) is 43.3 Å². The number of ether oxygens (including phenoxy) is 1. The quantitative estimate of drug-likeness (QED) is 0.404. The summed E-state index contributed by atoms with van der Waals surface area (Å²) < 4.78 is 33.0. The lowest BCUT2D eigenvalue weighted by Crippen LogP contribution is -2.31. The van der Waals surface area contributed by atoms with Crippen molar-refractivity contribution in [2.45, 2.75) is 30.8 Å². The molecule has 1 aromatic heterocycles. The lowest BCUT2D eigenvalue weighted by atomic mass is 10.3. The van der Waals surface area contributed by atoms with E-state index in [1.807, 2.05) is 0 Å². The maximum atomic E-state index is 13.1. The van der Waals surface area contributed by atoms with Gasteiger partial charge in [0, 0.05) is 23.8 Å². The van der Waals surface area contributed by atoms with Crippen LogP contribution in [0.2, 0.25) is 5.02 Å². The number of imidazole rings is 1. The van der Waals surface area contributed by atoms with E-state index in [1.165, 1.54) is 22.1 Å². The number of fused-ring (bicyclic) bond motifs is 1. The molecular formula is C21H25ClN4O4S2. The number of hydrogen-bond acceptors (Lipinski definition) is 6. The lowest BCUT2D eigenvalue weighted by molar-refractivity contribution is -0.113. The number of halogens is 1. The molecule has 1 heterocycles. The number of benzene rings is 2. The minimum Gasteiger partial charge on any atom is -0.492 e. The van der Waals surface area contributed by atoms with E-state index in [-0.39, 0.29) is 22.3 Å². The maximum Gasteiger partial charge on any atom is 0.246 e. The highest BCUT2D eigenvalue weighted by atomic mass is 35.5. The topological polar surface area (TPSA) is 104 Å². The van der Waals surface area contributed by atoms with Crippen LogP contribution < -0.4 is 10.1 Å².